The summed E-state index contributed by atoms with van der Waals surface area (Å²) in [6, 6.07) is 0.883. The number of alkyl carbamates (subject to hydrolysis) is 1. The highest BCUT2D eigenvalue weighted by molar-refractivity contribution is 5.70. The average Bonchev–Trinajstić information content (AvgIpc) is 3.07. The first-order chi connectivity index (χ1) is 11.9. The lowest BCUT2D eigenvalue weighted by atomic mass is 9.97. The molecular formula is C17H24N6O2. The Labute approximate surface area is 146 Å². The zero-order valence-electron chi connectivity index (χ0n) is 14.8. The molecule has 2 fully saturated rings. The van der Waals surface area contributed by atoms with Crippen LogP contribution in [-0.4, -0.2) is 50.0 Å². The van der Waals surface area contributed by atoms with Gasteiger partial charge in [0.25, 0.3) is 0 Å². The molecule has 0 aromatic carbocycles. The summed E-state index contributed by atoms with van der Waals surface area (Å²) >= 11 is 0. The van der Waals surface area contributed by atoms with Gasteiger partial charge in [-0.25, -0.2) is 14.8 Å². The molecule has 2 bridgehead atoms. The quantitative estimate of drug-likeness (QED) is 0.868. The molecule has 134 valence electrons. The summed E-state index contributed by atoms with van der Waals surface area (Å²) in [4.78, 5) is 23.5. The first-order valence-corrected chi connectivity index (χ1v) is 8.83. The van der Waals surface area contributed by atoms with Crippen molar-refractivity contribution in [3.8, 4) is 0 Å². The van der Waals surface area contributed by atoms with E-state index in [0.29, 0.717) is 17.7 Å². The van der Waals surface area contributed by atoms with Gasteiger partial charge < -0.3 is 15.0 Å². The molecule has 0 aliphatic carbocycles. The molecule has 1 unspecified atom stereocenters. The Morgan fingerprint density at radius 1 is 1.28 bits per heavy atom. The van der Waals surface area contributed by atoms with Gasteiger partial charge in [-0.3, -0.25) is 5.10 Å². The van der Waals surface area contributed by atoms with Crippen molar-refractivity contribution in [3.05, 3.63) is 12.4 Å². The highest BCUT2D eigenvalue weighted by Crippen LogP contribution is 2.38. The minimum atomic E-state index is -0.473. The molecule has 8 heteroatoms. The zero-order valence-corrected chi connectivity index (χ0v) is 14.8. The first-order valence-electron chi connectivity index (χ1n) is 8.83. The van der Waals surface area contributed by atoms with Crippen LogP contribution in [0.5, 0.6) is 0 Å². The molecule has 4 rings (SSSR count). The van der Waals surface area contributed by atoms with Gasteiger partial charge in [-0.15, -0.1) is 0 Å². The number of aromatic amines is 1. The Balaban J connectivity index is 1.46. The normalized spacial score (nSPS) is 26.0. The van der Waals surface area contributed by atoms with Gasteiger partial charge in [0, 0.05) is 18.1 Å². The van der Waals surface area contributed by atoms with Gasteiger partial charge in [-0.1, -0.05) is 0 Å². The second-order valence-electron chi connectivity index (χ2n) is 7.94. The van der Waals surface area contributed by atoms with Crippen LogP contribution in [0.2, 0.25) is 0 Å². The minimum absolute atomic E-state index is 0.146. The number of ether oxygens (including phenoxy) is 1. The Morgan fingerprint density at radius 2 is 2.00 bits per heavy atom. The predicted octanol–water partition coefficient (Wildman–Crippen LogP) is 2.38. The average molecular weight is 344 g/mol. The van der Waals surface area contributed by atoms with E-state index >= 15 is 0 Å². The van der Waals surface area contributed by atoms with Gasteiger partial charge in [0.05, 0.1) is 12.4 Å². The van der Waals surface area contributed by atoms with Crippen molar-refractivity contribution in [2.45, 2.75) is 70.2 Å². The molecule has 8 nitrogen and oxygen atoms in total. The number of carbonyl (C=O) groups is 1. The van der Waals surface area contributed by atoms with E-state index in [0.717, 1.165) is 37.0 Å². The van der Waals surface area contributed by atoms with Crippen LogP contribution in [0.3, 0.4) is 0 Å². The van der Waals surface area contributed by atoms with Crippen molar-refractivity contribution in [3.63, 3.8) is 0 Å². The number of amides is 1. The number of anilines is 1. The summed E-state index contributed by atoms with van der Waals surface area (Å²) in [5.74, 6) is 0.889. The van der Waals surface area contributed by atoms with Crippen molar-refractivity contribution in [1.29, 1.82) is 0 Å². The number of aromatic nitrogens is 4. The highest BCUT2D eigenvalue weighted by atomic mass is 16.6. The number of carbonyl (C=O) groups excluding carboxylic acids is 1. The number of hydrogen-bond acceptors (Lipinski definition) is 6. The molecule has 2 aromatic heterocycles. The van der Waals surface area contributed by atoms with Crippen LogP contribution in [0.15, 0.2) is 12.4 Å². The van der Waals surface area contributed by atoms with Crippen LogP contribution in [0.4, 0.5) is 10.6 Å². The molecule has 4 heterocycles. The van der Waals surface area contributed by atoms with Crippen molar-refractivity contribution >= 4 is 23.1 Å². The number of H-pyrrole nitrogens is 1. The van der Waals surface area contributed by atoms with Crippen LogP contribution in [0.1, 0.15) is 46.5 Å². The summed E-state index contributed by atoms with van der Waals surface area (Å²) in [6.07, 6.45) is 7.20. The second kappa shape index (κ2) is 5.86. The molecule has 0 saturated carbocycles. The van der Waals surface area contributed by atoms with Crippen molar-refractivity contribution in [1.82, 2.24) is 25.5 Å². The lowest BCUT2D eigenvalue weighted by molar-refractivity contribution is 0.0492. The van der Waals surface area contributed by atoms with Gasteiger partial charge >= 0.3 is 6.09 Å². The third-order valence-electron chi connectivity index (χ3n) is 4.86. The molecule has 2 N–H and O–H groups in total. The van der Waals surface area contributed by atoms with E-state index in [-0.39, 0.29) is 12.1 Å². The Morgan fingerprint density at radius 3 is 2.68 bits per heavy atom. The summed E-state index contributed by atoms with van der Waals surface area (Å²) in [5, 5.41) is 9.90. The number of nitrogens with zero attached hydrogens (tertiary/aromatic N) is 4. The lowest BCUT2D eigenvalue weighted by Gasteiger charge is -2.39. The smallest absolute Gasteiger partial charge is 0.407 e. The maximum Gasteiger partial charge on any atom is 0.407 e. The molecule has 2 aromatic rings. The van der Waals surface area contributed by atoms with Gasteiger partial charge in [0.2, 0.25) is 0 Å². The van der Waals surface area contributed by atoms with E-state index in [1.807, 2.05) is 27.0 Å². The molecule has 2 saturated heterocycles. The predicted molar refractivity (Wildman–Crippen MR) is 93.4 cm³/mol. The van der Waals surface area contributed by atoms with E-state index in [4.69, 9.17) is 4.74 Å². The third kappa shape index (κ3) is 3.25. The molecule has 25 heavy (non-hydrogen) atoms. The van der Waals surface area contributed by atoms with Crippen LogP contribution >= 0.6 is 0 Å². The van der Waals surface area contributed by atoms with E-state index in [9.17, 15) is 4.79 Å². The van der Waals surface area contributed by atoms with Crippen molar-refractivity contribution in [2.24, 2.45) is 0 Å². The van der Waals surface area contributed by atoms with Crippen LogP contribution < -0.4 is 10.2 Å². The summed E-state index contributed by atoms with van der Waals surface area (Å²) < 4.78 is 5.39. The molecule has 2 aliphatic heterocycles. The van der Waals surface area contributed by atoms with E-state index in [1.165, 1.54) is 0 Å². The molecule has 0 radical (unpaired) electrons. The number of fused-ring (bicyclic) bond motifs is 3. The fraction of sp³-hybridized carbons (Fsp3) is 0.647. The van der Waals surface area contributed by atoms with E-state index < -0.39 is 5.60 Å². The van der Waals surface area contributed by atoms with Gasteiger partial charge in [0.1, 0.15) is 16.9 Å². The van der Waals surface area contributed by atoms with Gasteiger partial charge in [0.15, 0.2) is 5.65 Å². The first kappa shape index (κ1) is 16.1. The third-order valence-corrected chi connectivity index (χ3v) is 4.86. The summed E-state index contributed by atoms with van der Waals surface area (Å²) in [6.45, 7) is 5.63. The number of rotatable bonds is 2. The van der Waals surface area contributed by atoms with Gasteiger partial charge in [-0.2, -0.15) is 5.10 Å². The molecule has 1 amide bonds. The number of piperidine rings is 1. The molecular weight excluding hydrogens is 320 g/mol. The summed E-state index contributed by atoms with van der Waals surface area (Å²) in [5.41, 5.74) is 1.02. The maximum atomic E-state index is 12.0. The standard InChI is InChI=1S/C17H24N6O2/c1-17(2,3)25-16(24)20-10-6-11-4-5-12(7-10)23(11)14-9-18-13-8-19-22-15(13)21-14/h8-12H,4-7H2,1-3H3,(H,20,24)(H,19,21,22)/t10?,11-,12+. The summed E-state index contributed by atoms with van der Waals surface area (Å²) in [7, 11) is 0. The molecule has 3 atom stereocenters. The SMILES string of the molecule is CC(C)(C)OC(=O)NC1C[C@H]2CC[C@@H](C1)N2c1cnc2cn[nH]c2n1. The van der Waals surface area contributed by atoms with Crippen LogP contribution in [0.25, 0.3) is 11.2 Å². The fourth-order valence-electron chi connectivity index (χ4n) is 3.99. The van der Waals surface area contributed by atoms with Crippen LogP contribution in [0, 0.1) is 0 Å². The topological polar surface area (TPSA) is 96.0 Å². The Bertz CT molecular complexity index is 769. The molecule has 2 aliphatic rings. The van der Waals surface area contributed by atoms with E-state index in [2.05, 4.69) is 30.4 Å². The monoisotopic (exact) mass is 344 g/mol. The maximum absolute atomic E-state index is 12.0. The van der Waals surface area contributed by atoms with E-state index in [1.54, 1.807) is 6.20 Å². The minimum Gasteiger partial charge on any atom is -0.444 e. The fourth-order valence-corrected chi connectivity index (χ4v) is 3.99. The Kier molecular flexibility index (Phi) is 3.77. The number of hydrogen-bond donors (Lipinski definition) is 2. The van der Waals surface area contributed by atoms with Crippen molar-refractivity contribution in [2.75, 3.05) is 4.90 Å². The highest BCUT2D eigenvalue weighted by Gasteiger charge is 2.42. The molecule has 0 spiro atoms. The zero-order chi connectivity index (χ0) is 17.6. The van der Waals surface area contributed by atoms with Crippen molar-refractivity contribution < 1.29 is 9.53 Å². The number of nitrogens with one attached hydrogen (secondary N) is 2. The lowest BCUT2D eigenvalue weighted by Crippen LogP contribution is -2.51. The Hall–Kier alpha value is -2.38. The second-order valence-corrected chi connectivity index (χ2v) is 7.94. The van der Waals surface area contributed by atoms with Crippen LogP contribution in [-0.2, 0) is 4.74 Å². The largest absolute Gasteiger partial charge is 0.444 e. The van der Waals surface area contributed by atoms with Gasteiger partial charge in [-0.05, 0) is 46.5 Å².